The monoisotopic (exact) mass is 265 g/mol. The molecule has 76 valence electrons. The van der Waals surface area contributed by atoms with Crippen LogP contribution < -0.4 is 0 Å². The Morgan fingerprint density at radius 1 is 1.27 bits per heavy atom. The number of rotatable bonds is 1. The maximum Gasteiger partial charge on any atom is 0.133 e. The summed E-state index contributed by atoms with van der Waals surface area (Å²) in [6, 6.07) is 8.75. The van der Waals surface area contributed by atoms with Crippen molar-refractivity contribution in [2.24, 2.45) is 0 Å². The third-order valence-electron chi connectivity index (χ3n) is 2.20. The number of nitrogens with zero attached hydrogens (tertiary/aromatic N) is 1. The van der Waals surface area contributed by atoms with E-state index in [4.69, 9.17) is 0 Å². The molecule has 0 aliphatic heterocycles. The normalized spacial score (nSPS) is 10.3. The molecule has 1 heterocycles. The van der Waals surface area contributed by atoms with E-state index in [0.29, 0.717) is 11.3 Å². The number of pyridine rings is 1. The molecular formula is C12H9BrFN. The molecule has 1 aromatic carbocycles. The van der Waals surface area contributed by atoms with E-state index in [9.17, 15) is 4.39 Å². The van der Waals surface area contributed by atoms with Gasteiger partial charge >= 0.3 is 0 Å². The summed E-state index contributed by atoms with van der Waals surface area (Å²) in [4.78, 5) is 4.18. The molecule has 0 fully saturated rings. The lowest BCUT2D eigenvalue weighted by atomic mass is 10.1. The Kier molecular flexibility index (Phi) is 2.82. The maximum atomic E-state index is 13.6. The van der Waals surface area contributed by atoms with Gasteiger partial charge in [0.25, 0.3) is 0 Å². The molecule has 0 aliphatic carbocycles. The van der Waals surface area contributed by atoms with Crippen molar-refractivity contribution in [1.29, 1.82) is 0 Å². The Hall–Kier alpha value is -1.22. The highest BCUT2D eigenvalue weighted by Crippen LogP contribution is 2.25. The van der Waals surface area contributed by atoms with Crippen LogP contribution in [0.5, 0.6) is 0 Å². The maximum absolute atomic E-state index is 13.6. The van der Waals surface area contributed by atoms with Gasteiger partial charge in [-0.25, -0.2) is 4.39 Å². The Morgan fingerprint density at radius 3 is 2.73 bits per heavy atom. The average molecular weight is 266 g/mol. The number of aryl methyl sites for hydroxylation is 1. The molecule has 2 aromatic rings. The van der Waals surface area contributed by atoms with Crippen LogP contribution >= 0.6 is 15.9 Å². The van der Waals surface area contributed by atoms with Crippen LogP contribution in [0.4, 0.5) is 4.39 Å². The Labute approximate surface area is 96.1 Å². The van der Waals surface area contributed by atoms with E-state index in [0.717, 1.165) is 10.0 Å². The molecule has 0 N–H and O–H groups in total. The molecule has 1 nitrogen and oxygen atoms in total. The lowest BCUT2D eigenvalue weighted by Crippen LogP contribution is -1.90. The second-order valence-electron chi connectivity index (χ2n) is 3.29. The second-order valence-corrected chi connectivity index (χ2v) is 4.21. The van der Waals surface area contributed by atoms with E-state index in [-0.39, 0.29) is 5.82 Å². The van der Waals surface area contributed by atoms with Gasteiger partial charge in [0.2, 0.25) is 0 Å². The van der Waals surface area contributed by atoms with Gasteiger partial charge < -0.3 is 0 Å². The van der Waals surface area contributed by atoms with E-state index in [2.05, 4.69) is 20.9 Å². The Morgan fingerprint density at radius 2 is 2.07 bits per heavy atom. The fourth-order valence-corrected chi connectivity index (χ4v) is 1.78. The van der Waals surface area contributed by atoms with Crippen molar-refractivity contribution in [3.05, 3.63) is 52.4 Å². The summed E-state index contributed by atoms with van der Waals surface area (Å²) >= 11 is 3.23. The van der Waals surface area contributed by atoms with Gasteiger partial charge in [0.05, 0.1) is 5.69 Å². The molecule has 0 unspecified atom stereocenters. The minimum absolute atomic E-state index is 0.258. The third-order valence-corrected chi connectivity index (χ3v) is 2.69. The number of hydrogen-bond acceptors (Lipinski definition) is 1. The van der Waals surface area contributed by atoms with Crippen molar-refractivity contribution in [2.45, 2.75) is 6.92 Å². The van der Waals surface area contributed by atoms with Crippen LogP contribution in [-0.2, 0) is 0 Å². The summed E-state index contributed by atoms with van der Waals surface area (Å²) in [7, 11) is 0. The first-order valence-electron chi connectivity index (χ1n) is 4.55. The van der Waals surface area contributed by atoms with Gasteiger partial charge in [-0.1, -0.05) is 22.0 Å². The third kappa shape index (κ3) is 2.07. The first kappa shape index (κ1) is 10.3. The van der Waals surface area contributed by atoms with Gasteiger partial charge in [0, 0.05) is 16.2 Å². The molecule has 15 heavy (non-hydrogen) atoms. The first-order chi connectivity index (χ1) is 7.18. The SMILES string of the molecule is Cc1cccnc1-c1ccc(Br)cc1F. The van der Waals surface area contributed by atoms with Crippen molar-refractivity contribution in [1.82, 2.24) is 4.98 Å². The fraction of sp³-hybridized carbons (Fsp3) is 0.0833. The average Bonchev–Trinajstić information content (AvgIpc) is 2.20. The smallest absolute Gasteiger partial charge is 0.133 e. The highest BCUT2D eigenvalue weighted by Gasteiger charge is 2.08. The van der Waals surface area contributed by atoms with E-state index < -0.39 is 0 Å². The molecule has 0 saturated heterocycles. The summed E-state index contributed by atoms with van der Waals surface area (Å²) < 4.78 is 14.4. The summed E-state index contributed by atoms with van der Waals surface area (Å²) in [5.41, 5.74) is 2.21. The number of benzene rings is 1. The number of aromatic nitrogens is 1. The number of halogens is 2. The lowest BCUT2D eigenvalue weighted by molar-refractivity contribution is 0.629. The Bertz CT molecular complexity index is 497. The van der Waals surface area contributed by atoms with Gasteiger partial charge in [-0.15, -0.1) is 0 Å². The van der Waals surface area contributed by atoms with Crippen LogP contribution in [0.15, 0.2) is 41.0 Å². The minimum atomic E-state index is -0.258. The molecule has 0 atom stereocenters. The van der Waals surface area contributed by atoms with Gasteiger partial charge in [0.15, 0.2) is 0 Å². The molecule has 2 rings (SSSR count). The Balaban J connectivity index is 2.60. The quantitative estimate of drug-likeness (QED) is 0.761. The van der Waals surface area contributed by atoms with Crippen LogP contribution in [0.3, 0.4) is 0 Å². The fourth-order valence-electron chi connectivity index (χ4n) is 1.45. The summed E-state index contributed by atoms with van der Waals surface area (Å²) in [6.45, 7) is 1.92. The zero-order chi connectivity index (χ0) is 10.8. The zero-order valence-corrected chi connectivity index (χ0v) is 9.75. The summed E-state index contributed by atoms with van der Waals surface area (Å²) in [5.74, 6) is -0.258. The van der Waals surface area contributed by atoms with Crippen LogP contribution in [0.25, 0.3) is 11.3 Å². The van der Waals surface area contributed by atoms with Gasteiger partial charge in [-0.3, -0.25) is 4.98 Å². The van der Waals surface area contributed by atoms with Gasteiger partial charge in [-0.05, 0) is 36.8 Å². The van der Waals surface area contributed by atoms with E-state index in [1.165, 1.54) is 6.07 Å². The molecule has 1 aromatic heterocycles. The van der Waals surface area contributed by atoms with Crippen LogP contribution in [0.2, 0.25) is 0 Å². The minimum Gasteiger partial charge on any atom is -0.256 e. The van der Waals surface area contributed by atoms with Gasteiger partial charge in [0.1, 0.15) is 5.82 Å². The molecule has 0 radical (unpaired) electrons. The molecule has 0 spiro atoms. The van der Waals surface area contributed by atoms with Crippen LogP contribution in [-0.4, -0.2) is 4.98 Å². The highest BCUT2D eigenvalue weighted by molar-refractivity contribution is 9.10. The molecule has 0 bridgehead atoms. The molecular weight excluding hydrogens is 257 g/mol. The molecule has 3 heteroatoms. The molecule has 0 saturated carbocycles. The molecule has 0 aliphatic rings. The largest absolute Gasteiger partial charge is 0.256 e. The van der Waals surface area contributed by atoms with Crippen LogP contribution in [0.1, 0.15) is 5.56 Å². The summed E-state index contributed by atoms with van der Waals surface area (Å²) in [5, 5.41) is 0. The zero-order valence-electron chi connectivity index (χ0n) is 8.17. The van der Waals surface area contributed by atoms with Gasteiger partial charge in [-0.2, -0.15) is 0 Å². The predicted molar refractivity (Wildman–Crippen MR) is 62.1 cm³/mol. The van der Waals surface area contributed by atoms with E-state index >= 15 is 0 Å². The van der Waals surface area contributed by atoms with Crippen molar-refractivity contribution < 1.29 is 4.39 Å². The predicted octanol–water partition coefficient (Wildman–Crippen LogP) is 3.96. The van der Waals surface area contributed by atoms with Crippen molar-refractivity contribution in [3.63, 3.8) is 0 Å². The summed E-state index contributed by atoms with van der Waals surface area (Å²) in [6.07, 6.45) is 1.67. The van der Waals surface area contributed by atoms with Crippen molar-refractivity contribution >= 4 is 15.9 Å². The lowest BCUT2D eigenvalue weighted by Gasteiger charge is -2.05. The molecule has 0 amide bonds. The van der Waals surface area contributed by atoms with E-state index in [1.54, 1.807) is 12.3 Å². The van der Waals surface area contributed by atoms with Crippen molar-refractivity contribution in [2.75, 3.05) is 0 Å². The van der Waals surface area contributed by atoms with Crippen molar-refractivity contribution in [3.8, 4) is 11.3 Å². The number of hydrogen-bond donors (Lipinski definition) is 0. The second kappa shape index (κ2) is 4.11. The highest BCUT2D eigenvalue weighted by atomic mass is 79.9. The van der Waals surface area contributed by atoms with E-state index in [1.807, 2.05) is 25.1 Å². The van der Waals surface area contributed by atoms with Crippen LogP contribution in [0, 0.1) is 12.7 Å². The standard InChI is InChI=1S/C12H9BrFN/c1-8-3-2-6-15-12(8)10-5-4-9(13)7-11(10)14/h2-7H,1H3. The topological polar surface area (TPSA) is 12.9 Å². The first-order valence-corrected chi connectivity index (χ1v) is 5.35.